The van der Waals surface area contributed by atoms with Gasteiger partial charge in [0.05, 0.1) is 6.61 Å². The van der Waals surface area contributed by atoms with Crippen molar-refractivity contribution in [1.82, 2.24) is 4.90 Å². The first kappa shape index (κ1) is 12.3. The summed E-state index contributed by atoms with van der Waals surface area (Å²) in [6.07, 6.45) is 1.22. The van der Waals surface area contributed by atoms with Gasteiger partial charge >= 0.3 is 0 Å². The molecular weight excluding hydrogens is 196 g/mol. The van der Waals surface area contributed by atoms with E-state index >= 15 is 0 Å². The van der Waals surface area contributed by atoms with E-state index in [1.165, 1.54) is 17.9 Å². The van der Waals surface area contributed by atoms with Crippen LogP contribution in [-0.2, 0) is 4.74 Å². The van der Waals surface area contributed by atoms with E-state index in [1.54, 1.807) is 0 Å². The Kier molecular flexibility index (Phi) is 5.23. The third-order valence-electron chi connectivity index (χ3n) is 3.05. The van der Waals surface area contributed by atoms with Crippen LogP contribution in [0.5, 0.6) is 0 Å². The molecule has 3 nitrogen and oxygen atoms in total. The van der Waals surface area contributed by atoms with Crippen molar-refractivity contribution in [2.75, 3.05) is 44.9 Å². The standard InChI is InChI=1S/C10H22N2OS/c1-3-13-6-5-12(2)10(8-11)4-7-14-9-10/h3-9,11H2,1-2H3. The number of hydrogen-bond donors (Lipinski definition) is 1. The van der Waals surface area contributed by atoms with Crippen LogP contribution in [0, 0.1) is 0 Å². The lowest BCUT2D eigenvalue weighted by molar-refractivity contribution is 0.0792. The van der Waals surface area contributed by atoms with E-state index in [9.17, 15) is 0 Å². The van der Waals surface area contributed by atoms with Gasteiger partial charge in [-0.25, -0.2) is 0 Å². The van der Waals surface area contributed by atoms with E-state index in [0.29, 0.717) is 0 Å². The molecule has 0 aromatic carbocycles. The minimum atomic E-state index is 0.238. The van der Waals surface area contributed by atoms with Gasteiger partial charge in [0.15, 0.2) is 0 Å². The fraction of sp³-hybridized carbons (Fsp3) is 1.00. The van der Waals surface area contributed by atoms with Crippen molar-refractivity contribution in [3.63, 3.8) is 0 Å². The second-order valence-corrected chi connectivity index (χ2v) is 4.95. The van der Waals surface area contributed by atoms with Gasteiger partial charge in [-0.3, -0.25) is 4.90 Å². The van der Waals surface area contributed by atoms with Crippen LogP contribution in [0.15, 0.2) is 0 Å². The highest BCUT2D eigenvalue weighted by Crippen LogP contribution is 2.31. The smallest absolute Gasteiger partial charge is 0.0593 e. The maximum Gasteiger partial charge on any atom is 0.0593 e. The average Bonchev–Trinajstić information content (AvgIpc) is 2.67. The van der Waals surface area contributed by atoms with Crippen molar-refractivity contribution in [2.24, 2.45) is 5.73 Å². The zero-order valence-electron chi connectivity index (χ0n) is 9.29. The van der Waals surface area contributed by atoms with Crippen LogP contribution < -0.4 is 5.73 Å². The molecule has 0 amide bonds. The lowest BCUT2D eigenvalue weighted by atomic mass is 9.97. The summed E-state index contributed by atoms with van der Waals surface area (Å²) >= 11 is 2.01. The highest BCUT2D eigenvalue weighted by Gasteiger charge is 2.36. The molecule has 84 valence electrons. The molecule has 1 aliphatic rings. The largest absolute Gasteiger partial charge is 0.380 e. The molecule has 4 heteroatoms. The number of nitrogens with two attached hydrogens (primary N) is 1. The predicted molar refractivity (Wildman–Crippen MR) is 62.9 cm³/mol. The summed E-state index contributed by atoms with van der Waals surface area (Å²) in [6.45, 7) is 5.41. The van der Waals surface area contributed by atoms with Gasteiger partial charge in [0, 0.05) is 31.0 Å². The van der Waals surface area contributed by atoms with Crippen molar-refractivity contribution in [3.8, 4) is 0 Å². The molecule has 1 unspecified atom stereocenters. The van der Waals surface area contributed by atoms with E-state index in [4.69, 9.17) is 10.5 Å². The first-order valence-electron chi connectivity index (χ1n) is 5.32. The van der Waals surface area contributed by atoms with Gasteiger partial charge in [-0.05, 0) is 26.1 Å². The Bertz CT molecular complexity index is 160. The Morgan fingerprint density at radius 1 is 1.57 bits per heavy atom. The van der Waals surface area contributed by atoms with Crippen LogP contribution in [0.1, 0.15) is 13.3 Å². The topological polar surface area (TPSA) is 38.5 Å². The van der Waals surface area contributed by atoms with Gasteiger partial charge in [-0.1, -0.05) is 0 Å². The quantitative estimate of drug-likeness (QED) is 0.669. The molecule has 1 fully saturated rings. The molecule has 0 aromatic heterocycles. The minimum Gasteiger partial charge on any atom is -0.380 e. The molecule has 0 radical (unpaired) electrons. The normalized spacial score (nSPS) is 27.4. The van der Waals surface area contributed by atoms with Gasteiger partial charge in [-0.2, -0.15) is 11.8 Å². The van der Waals surface area contributed by atoms with Crippen LogP contribution in [0.25, 0.3) is 0 Å². The fourth-order valence-electron chi connectivity index (χ4n) is 1.80. The third kappa shape index (κ3) is 2.86. The zero-order chi connectivity index (χ0) is 10.4. The zero-order valence-corrected chi connectivity index (χ0v) is 10.1. The molecule has 1 rings (SSSR count). The Morgan fingerprint density at radius 3 is 2.86 bits per heavy atom. The number of ether oxygens (including phenoxy) is 1. The van der Waals surface area contributed by atoms with Crippen LogP contribution in [0.2, 0.25) is 0 Å². The molecule has 0 bridgehead atoms. The Balaban J connectivity index is 2.35. The molecule has 0 saturated carbocycles. The number of rotatable bonds is 6. The van der Waals surface area contributed by atoms with Crippen molar-refractivity contribution >= 4 is 11.8 Å². The van der Waals surface area contributed by atoms with E-state index in [0.717, 1.165) is 26.3 Å². The molecule has 1 saturated heterocycles. The summed E-state index contributed by atoms with van der Waals surface area (Å²) in [5.41, 5.74) is 6.12. The van der Waals surface area contributed by atoms with E-state index < -0.39 is 0 Å². The Hall–Kier alpha value is 0.230. The van der Waals surface area contributed by atoms with Crippen LogP contribution in [0.4, 0.5) is 0 Å². The van der Waals surface area contributed by atoms with Crippen molar-refractivity contribution in [3.05, 3.63) is 0 Å². The van der Waals surface area contributed by atoms with E-state index in [2.05, 4.69) is 11.9 Å². The maximum atomic E-state index is 5.88. The second-order valence-electron chi connectivity index (χ2n) is 3.85. The Morgan fingerprint density at radius 2 is 2.36 bits per heavy atom. The molecule has 0 spiro atoms. The average molecular weight is 218 g/mol. The van der Waals surface area contributed by atoms with E-state index in [-0.39, 0.29) is 5.54 Å². The third-order valence-corrected chi connectivity index (χ3v) is 4.28. The first-order chi connectivity index (χ1) is 6.75. The fourth-order valence-corrected chi connectivity index (χ4v) is 3.33. The van der Waals surface area contributed by atoms with Crippen molar-refractivity contribution < 1.29 is 4.74 Å². The molecule has 14 heavy (non-hydrogen) atoms. The van der Waals surface area contributed by atoms with Gasteiger partial charge in [0.25, 0.3) is 0 Å². The maximum absolute atomic E-state index is 5.88. The summed E-state index contributed by atoms with van der Waals surface area (Å²) in [6, 6.07) is 0. The summed E-state index contributed by atoms with van der Waals surface area (Å²) in [4.78, 5) is 2.38. The number of likely N-dealkylation sites (N-methyl/N-ethyl adjacent to an activating group) is 1. The first-order valence-corrected chi connectivity index (χ1v) is 6.47. The number of nitrogens with zero attached hydrogens (tertiary/aromatic N) is 1. The van der Waals surface area contributed by atoms with Gasteiger partial charge in [-0.15, -0.1) is 0 Å². The number of hydrogen-bond acceptors (Lipinski definition) is 4. The summed E-state index contributed by atoms with van der Waals surface area (Å²) < 4.78 is 5.36. The monoisotopic (exact) mass is 218 g/mol. The second kappa shape index (κ2) is 5.95. The van der Waals surface area contributed by atoms with Crippen molar-refractivity contribution in [2.45, 2.75) is 18.9 Å². The Labute approximate surface area is 91.4 Å². The summed E-state index contributed by atoms with van der Waals surface area (Å²) in [7, 11) is 2.16. The molecule has 1 aliphatic heterocycles. The summed E-state index contributed by atoms with van der Waals surface area (Å²) in [5.74, 6) is 2.42. The number of thioether (sulfide) groups is 1. The van der Waals surface area contributed by atoms with Crippen LogP contribution in [-0.4, -0.2) is 55.3 Å². The predicted octanol–water partition coefficient (Wildman–Crippen LogP) is 0.789. The molecule has 1 atom stereocenters. The highest BCUT2D eigenvalue weighted by molar-refractivity contribution is 7.99. The lowest BCUT2D eigenvalue weighted by Gasteiger charge is -2.37. The molecule has 1 heterocycles. The SMILES string of the molecule is CCOCCN(C)C1(CN)CCSC1. The lowest BCUT2D eigenvalue weighted by Crippen LogP contribution is -2.53. The van der Waals surface area contributed by atoms with Gasteiger partial charge < -0.3 is 10.5 Å². The van der Waals surface area contributed by atoms with Gasteiger partial charge in [0.1, 0.15) is 0 Å². The minimum absolute atomic E-state index is 0.238. The van der Waals surface area contributed by atoms with Crippen LogP contribution in [0.3, 0.4) is 0 Å². The van der Waals surface area contributed by atoms with Gasteiger partial charge in [0.2, 0.25) is 0 Å². The molecule has 0 aliphatic carbocycles. The summed E-state index contributed by atoms with van der Waals surface area (Å²) in [5, 5.41) is 0. The highest BCUT2D eigenvalue weighted by atomic mass is 32.2. The molecular formula is C10H22N2OS. The van der Waals surface area contributed by atoms with Crippen molar-refractivity contribution in [1.29, 1.82) is 0 Å². The van der Waals surface area contributed by atoms with E-state index in [1.807, 2.05) is 18.7 Å². The van der Waals surface area contributed by atoms with Crippen LogP contribution >= 0.6 is 11.8 Å². The molecule has 0 aromatic rings. The molecule has 2 N–H and O–H groups in total.